The maximum Gasteiger partial charge on any atom is 0.189 e. The molecule has 2 fully saturated rings. The quantitative estimate of drug-likeness (QED) is 0.588. The number of hydrogen-bond acceptors (Lipinski definition) is 6. The molecule has 1 atom stereocenters. The Bertz CT molecular complexity index is 1030. The van der Waals surface area contributed by atoms with Crippen molar-refractivity contribution in [1.82, 2.24) is 24.2 Å². The van der Waals surface area contributed by atoms with Crippen molar-refractivity contribution in [1.29, 1.82) is 0 Å². The van der Waals surface area contributed by atoms with Crippen LogP contribution in [-0.2, 0) is 11.3 Å². The van der Waals surface area contributed by atoms with Gasteiger partial charge >= 0.3 is 0 Å². The molecule has 2 aliphatic heterocycles. The molecular weight excluding hydrogens is 415 g/mol. The van der Waals surface area contributed by atoms with Crippen LogP contribution in [0.5, 0.6) is 0 Å². The first kappa shape index (κ1) is 20.5. The van der Waals surface area contributed by atoms with E-state index in [1.54, 1.807) is 17.7 Å². The van der Waals surface area contributed by atoms with E-state index in [9.17, 15) is 4.39 Å². The lowest BCUT2D eigenvalue weighted by molar-refractivity contribution is 0.117. The Morgan fingerprint density at radius 1 is 1.16 bits per heavy atom. The number of ether oxygens (including phenoxy) is 1. The third-order valence-electron chi connectivity index (χ3n) is 6.07. The number of thiazole rings is 1. The molecule has 0 saturated carbocycles. The summed E-state index contributed by atoms with van der Waals surface area (Å²) in [4.78, 5) is 12.4. The molecule has 164 valence electrons. The molecule has 2 saturated heterocycles. The fraction of sp³-hybridized carbons (Fsp3) is 0.500. The number of nitrogens with zero attached hydrogens (tertiary/aromatic N) is 6. The molecule has 0 spiro atoms. The summed E-state index contributed by atoms with van der Waals surface area (Å²) in [6.07, 6.45) is 7.91. The number of aromatic nitrogens is 4. The molecule has 2 aromatic heterocycles. The first-order valence-electron chi connectivity index (χ1n) is 10.9. The van der Waals surface area contributed by atoms with E-state index >= 15 is 0 Å². The standard InChI is InChI=1S/C22H27FN6OS/c23-17-3-5-19(6-4-17)29-20(14-31-22(29)25-12-21-2-1-11-30-21)13-27-9-7-18(8-10-27)28-16-24-15-26-28/h3-6,14-16,18,21H,1-2,7-13H2/t21-/m1/s1. The summed E-state index contributed by atoms with van der Waals surface area (Å²) in [5, 5.41) is 6.48. The van der Waals surface area contributed by atoms with Gasteiger partial charge in [-0.25, -0.2) is 14.1 Å². The predicted octanol–water partition coefficient (Wildman–Crippen LogP) is 3.19. The first-order valence-corrected chi connectivity index (χ1v) is 11.8. The third-order valence-corrected chi connectivity index (χ3v) is 6.98. The van der Waals surface area contributed by atoms with Gasteiger partial charge in [0.25, 0.3) is 0 Å². The molecule has 0 aliphatic carbocycles. The Balaban J connectivity index is 1.35. The number of hydrogen-bond donors (Lipinski definition) is 0. The van der Waals surface area contributed by atoms with Gasteiger partial charge in [0.05, 0.1) is 18.7 Å². The minimum absolute atomic E-state index is 0.211. The zero-order valence-electron chi connectivity index (χ0n) is 17.4. The fourth-order valence-corrected chi connectivity index (χ4v) is 5.28. The van der Waals surface area contributed by atoms with Crippen molar-refractivity contribution in [3.63, 3.8) is 0 Å². The second kappa shape index (κ2) is 9.42. The summed E-state index contributed by atoms with van der Waals surface area (Å²) in [5.74, 6) is -0.228. The predicted molar refractivity (Wildman–Crippen MR) is 117 cm³/mol. The second-order valence-electron chi connectivity index (χ2n) is 8.18. The molecule has 7 nitrogen and oxygen atoms in total. The summed E-state index contributed by atoms with van der Waals surface area (Å²) in [6.45, 7) is 4.36. The SMILES string of the molecule is Fc1ccc(-n2c(CN3CCC(n4cncn4)CC3)csc2=NC[C@H]2CCCO2)cc1. The van der Waals surface area contributed by atoms with Gasteiger partial charge in [0, 0.05) is 43.0 Å². The molecule has 9 heteroatoms. The highest BCUT2D eigenvalue weighted by atomic mass is 32.1. The number of likely N-dealkylation sites (tertiary alicyclic amines) is 1. The molecule has 5 rings (SSSR count). The van der Waals surface area contributed by atoms with E-state index in [1.165, 1.54) is 17.8 Å². The summed E-state index contributed by atoms with van der Waals surface area (Å²) >= 11 is 1.64. The highest BCUT2D eigenvalue weighted by molar-refractivity contribution is 7.07. The molecule has 0 radical (unpaired) electrons. The Hall–Kier alpha value is -2.36. The Labute approximate surface area is 184 Å². The smallest absolute Gasteiger partial charge is 0.189 e. The van der Waals surface area contributed by atoms with Gasteiger partial charge < -0.3 is 4.74 Å². The van der Waals surface area contributed by atoms with Crippen molar-refractivity contribution in [2.45, 2.75) is 44.4 Å². The van der Waals surface area contributed by atoms with Crippen molar-refractivity contribution < 1.29 is 9.13 Å². The van der Waals surface area contributed by atoms with Crippen LogP contribution in [0.3, 0.4) is 0 Å². The summed E-state index contributed by atoms with van der Waals surface area (Å²) in [6, 6.07) is 7.10. The van der Waals surface area contributed by atoms with Crippen LogP contribution < -0.4 is 4.80 Å². The van der Waals surface area contributed by atoms with Gasteiger partial charge in [-0.3, -0.25) is 14.5 Å². The van der Waals surface area contributed by atoms with E-state index in [-0.39, 0.29) is 11.9 Å². The van der Waals surface area contributed by atoms with E-state index in [0.29, 0.717) is 12.6 Å². The zero-order valence-corrected chi connectivity index (χ0v) is 18.3. The van der Waals surface area contributed by atoms with E-state index in [2.05, 4.69) is 24.9 Å². The molecule has 3 aromatic rings. The molecule has 4 heterocycles. The fourth-order valence-electron chi connectivity index (χ4n) is 4.38. The van der Waals surface area contributed by atoms with Crippen LogP contribution in [0.15, 0.2) is 47.3 Å². The molecule has 2 aliphatic rings. The van der Waals surface area contributed by atoms with E-state index in [0.717, 1.165) is 62.4 Å². The maximum absolute atomic E-state index is 13.5. The van der Waals surface area contributed by atoms with Crippen molar-refractivity contribution in [3.05, 3.63) is 58.6 Å². The van der Waals surface area contributed by atoms with Crippen molar-refractivity contribution in [2.75, 3.05) is 26.2 Å². The maximum atomic E-state index is 13.5. The Morgan fingerprint density at radius 2 is 2.00 bits per heavy atom. The van der Waals surface area contributed by atoms with Gasteiger partial charge in [0.15, 0.2) is 4.80 Å². The van der Waals surface area contributed by atoms with Crippen LogP contribution in [0.25, 0.3) is 5.69 Å². The third kappa shape index (κ3) is 4.78. The highest BCUT2D eigenvalue weighted by Crippen LogP contribution is 2.23. The normalized spacial score (nSPS) is 21.2. The molecule has 0 N–H and O–H groups in total. The minimum atomic E-state index is -0.228. The van der Waals surface area contributed by atoms with Gasteiger partial charge in [-0.05, 0) is 49.9 Å². The number of rotatable bonds is 6. The van der Waals surface area contributed by atoms with Crippen LogP contribution in [0.2, 0.25) is 0 Å². The van der Waals surface area contributed by atoms with Crippen molar-refractivity contribution >= 4 is 11.3 Å². The van der Waals surface area contributed by atoms with Crippen LogP contribution in [0, 0.1) is 5.82 Å². The second-order valence-corrected chi connectivity index (χ2v) is 9.02. The summed E-state index contributed by atoms with van der Waals surface area (Å²) in [5.41, 5.74) is 2.13. The van der Waals surface area contributed by atoms with Crippen LogP contribution in [-0.4, -0.2) is 56.6 Å². The summed E-state index contributed by atoms with van der Waals surface area (Å²) in [7, 11) is 0. The monoisotopic (exact) mass is 442 g/mol. The lowest BCUT2D eigenvalue weighted by Gasteiger charge is -2.31. The zero-order chi connectivity index (χ0) is 21.0. The van der Waals surface area contributed by atoms with E-state index < -0.39 is 0 Å². The highest BCUT2D eigenvalue weighted by Gasteiger charge is 2.22. The van der Waals surface area contributed by atoms with Crippen LogP contribution in [0.1, 0.15) is 37.4 Å². The molecule has 31 heavy (non-hydrogen) atoms. The van der Waals surface area contributed by atoms with Gasteiger partial charge in [0.1, 0.15) is 18.5 Å². The van der Waals surface area contributed by atoms with Gasteiger partial charge in [-0.15, -0.1) is 11.3 Å². The summed E-state index contributed by atoms with van der Waals surface area (Å²) < 4.78 is 23.4. The molecule has 1 aromatic carbocycles. The van der Waals surface area contributed by atoms with Gasteiger partial charge in [-0.1, -0.05) is 0 Å². The largest absolute Gasteiger partial charge is 0.376 e. The first-order chi connectivity index (χ1) is 15.3. The molecule has 0 unspecified atom stereocenters. The lowest BCUT2D eigenvalue weighted by Crippen LogP contribution is -2.35. The Kier molecular flexibility index (Phi) is 6.24. The van der Waals surface area contributed by atoms with Gasteiger partial charge in [0.2, 0.25) is 0 Å². The minimum Gasteiger partial charge on any atom is -0.376 e. The van der Waals surface area contributed by atoms with Gasteiger partial charge in [-0.2, -0.15) is 5.10 Å². The average molecular weight is 443 g/mol. The average Bonchev–Trinajstić information content (AvgIpc) is 3.56. The van der Waals surface area contributed by atoms with E-state index in [4.69, 9.17) is 9.73 Å². The molecule has 0 bridgehead atoms. The number of benzene rings is 1. The number of piperidine rings is 1. The van der Waals surface area contributed by atoms with Crippen molar-refractivity contribution in [2.24, 2.45) is 4.99 Å². The topological polar surface area (TPSA) is 60.5 Å². The molecular formula is C22H27FN6OS. The Morgan fingerprint density at radius 3 is 2.71 bits per heavy atom. The number of halogens is 1. The van der Waals surface area contributed by atoms with E-state index in [1.807, 2.05) is 23.1 Å². The van der Waals surface area contributed by atoms with Crippen molar-refractivity contribution in [3.8, 4) is 5.69 Å². The molecule has 0 amide bonds. The van der Waals surface area contributed by atoms with Crippen LogP contribution in [0.4, 0.5) is 4.39 Å². The van der Waals surface area contributed by atoms with Crippen LogP contribution >= 0.6 is 11.3 Å². The lowest BCUT2D eigenvalue weighted by atomic mass is 10.1.